The minimum absolute atomic E-state index is 0. The molecule has 0 saturated carbocycles. The summed E-state index contributed by atoms with van der Waals surface area (Å²) < 4.78 is 1.13. The molecule has 0 bridgehead atoms. The van der Waals surface area contributed by atoms with Gasteiger partial charge in [-0.1, -0.05) is 34.1 Å². The molecule has 0 saturated heterocycles. The van der Waals surface area contributed by atoms with Crippen LogP contribution in [0.2, 0.25) is 0 Å². The van der Waals surface area contributed by atoms with Crippen LogP contribution in [0, 0.1) is 0 Å². The van der Waals surface area contributed by atoms with E-state index in [2.05, 4.69) is 15.9 Å². The van der Waals surface area contributed by atoms with Gasteiger partial charge in [-0.3, -0.25) is 0 Å². The van der Waals surface area contributed by atoms with E-state index in [0.29, 0.717) is 0 Å². The number of hydrogen-bond donors (Lipinski definition) is 0. The van der Waals surface area contributed by atoms with Gasteiger partial charge in [0.15, 0.2) is 0 Å². The molecule has 0 aliphatic heterocycles. The Morgan fingerprint density at radius 2 is 1.50 bits per heavy atom. The van der Waals surface area contributed by atoms with Crippen molar-refractivity contribution in [1.29, 1.82) is 0 Å². The number of halogens is 1. The number of rotatable bonds is 0. The molecule has 1 rings (SSSR count). The van der Waals surface area contributed by atoms with Crippen molar-refractivity contribution in [1.82, 2.24) is 0 Å². The third kappa shape index (κ3) is 1.43. The van der Waals surface area contributed by atoms with Crippen LogP contribution in [0.15, 0.2) is 34.8 Å². The van der Waals surface area contributed by atoms with Crippen LogP contribution >= 0.6 is 15.9 Å². The SMILES string of the molecule is Brc1ccccc1.[Bk]. The number of hydrogen-bond acceptors (Lipinski definition) is 0. The molecule has 0 unspecified atom stereocenters. The van der Waals surface area contributed by atoms with Gasteiger partial charge in [-0.05, 0) is 12.1 Å². The van der Waals surface area contributed by atoms with E-state index in [-0.39, 0.29) is 0 Å². The molecule has 0 amide bonds. The molecule has 1 aromatic rings. The fourth-order valence-corrected chi connectivity index (χ4v) is 0.720. The van der Waals surface area contributed by atoms with Gasteiger partial charge < -0.3 is 0 Å². The van der Waals surface area contributed by atoms with E-state index >= 15 is 0 Å². The van der Waals surface area contributed by atoms with Crippen LogP contribution in [0.3, 0.4) is 0 Å². The second-order valence-electron chi connectivity index (χ2n) is 1.30. The van der Waals surface area contributed by atoms with E-state index < -0.39 is 0 Å². The third-order valence-electron chi connectivity index (χ3n) is 0.733. The monoisotopic (exact) mass is 403 g/mol. The Hall–Kier alpha value is -1.30. The van der Waals surface area contributed by atoms with E-state index in [9.17, 15) is 0 Å². The Bertz CT molecular complexity index is 138. The molecular weight excluding hydrogens is 399 g/mol. The first-order chi connectivity index (χ1) is 3.39. The molecule has 8 heavy (non-hydrogen) atoms. The topological polar surface area (TPSA) is 0 Å². The minimum Gasteiger partial charge on any atom is -0.0622 e. The molecule has 0 aliphatic rings. The smallest absolute Gasteiger partial charge is 0.0175 e. The Morgan fingerprint density at radius 3 is 1.75 bits per heavy atom. The molecule has 0 N–H and O–H groups in total. The molecule has 1 aromatic carbocycles. The molecule has 0 atom stereocenters. The summed E-state index contributed by atoms with van der Waals surface area (Å²) in [6.45, 7) is 0. The zero-order valence-corrected chi connectivity index (χ0v) is 8.46. The Morgan fingerprint density at radius 1 is 1.00 bits per heavy atom. The molecule has 1 radical (unpaired) electrons. The molecule has 2 heteroatoms. The Labute approximate surface area is 51.3 Å². The van der Waals surface area contributed by atoms with Crippen LogP contribution in [0.1, 0.15) is 0 Å². The zero-order valence-electron chi connectivity index (χ0n) is 4.10. The van der Waals surface area contributed by atoms with Gasteiger partial charge in [-0.2, -0.15) is 0 Å². The van der Waals surface area contributed by atoms with Crippen molar-refractivity contribution in [3.8, 4) is 0 Å². The van der Waals surface area contributed by atoms with Crippen molar-refractivity contribution in [3.63, 3.8) is 0 Å². The van der Waals surface area contributed by atoms with E-state index in [0.717, 1.165) is 4.47 Å². The van der Waals surface area contributed by atoms with Crippen molar-refractivity contribution >= 4 is 15.9 Å². The maximum Gasteiger partial charge on any atom is 0.0175 e. The van der Waals surface area contributed by atoms with E-state index in [1.54, 1.807) is 0 Å². The second-order valence-corrected chi connectivity index (χ2v) is 2.21. The van der Waals surface area contributed by atoms with Gasteiger partial charge >= 0.3 is 0 Å². The standard InChI is InChI=1S/C6H5Br.Bk/c7-6-4-2-1-3-5-6;/h1-5H;. The summed E-state index contributed by atoms with van der Waals surface area (Å²) >= 11 is 3.31. The van der Waals surface area contributed by atoms with Gasteiger partial charge in [0.25, 0.3) is 0 Å². The second kappa shape index (κ2) is 2.80. The molecule has 0 spiro atoms. The van der Waals surface area contributed by atoms with E-state index in [1.807, 2.05) is 30.3 Å². The molecule has 0 aliphatic carbocycles. The largest absolute Gasteiger partial charge is 0.0622 e. The van der Waals surface area contributed by atoms with Crippen LogP contribution in [-0.2, 0) is 0 Å². The van der Waals surface area contributed by atoms with Crippen molar-refractivity contribution in [2.24, 2.45) is 0 Å². The van der Waals surface area contributed by atoms with Crippen molar-refractivity contribution < 1.29 is 0 Å². The van der Waals surface area contributed by atoms with Gasteiger partial charge in [-0.15, -0.1) is 0 Å². The van der Waals surface area contributed by atoms with Gasteiger partial charge in [0, 0.05) is 4.47 Å². The molecule has 0 nitrogen and oxygen atoms in total. The van der Waals surface area contributed by atoms with Crippen molar-refractivity contribution in [2.45, 2.75) is 0 Å². The summed E-state index contributed by atoms with van der Waals surface area (Å²) in [6.07, 6.45) is 0. The average molecular weight is 404 g/mol. The van der Waals surface area contributed by atoms with Crippen LogP contribution < -0.4 is 0 Å². The molecule has 0 aromatic heterocycles. The predicted octanol–water partition coefficient (Wildman–Crippen LogP) is 2.45. The maximum atomic E-state index is 3.31. The van der Waals surface area contributed by atoms with Gasteiger partial charge in [0.1, 0.15) is 0 Å². The molecule has 45 valence electrons. The molecular formula is C6H5BkBr. The summed E-state index contributed by atoms with van der Waals surface area (Å²) in [5.41, 5.74) is 0. The summed E-state index contributed by atoms with van der Waals surface area (Å²) in [4.78, 5) is 0. The van der Waals surface area contributed by atoms with Gasteiger partial charge in [0.2, 0.25) is 0 Å². The average Bonchev–Trinajstić information content (AvgIpc) is 1.69. The zero-order chi connectivity index (χ0) is 5.11. The molecule has 0 fully saturated rings. The summed E-state index contributed by atoms with van der Waals surface area (Å²) in [7, 11) is 0. The van der Waals surface area contributed by atoms with Crippen molar-refractivity contribution in [3.05, 3.63) is 34.8 Å². The summed E-state index contributed by atoms with van der Waals surface area (Å²) in [5, 5.41) is 0. The predicted molar refractivity (Wildman–Crippen MR) is 34.1 cm³/mol. The van der Waals surface area contributed by atoms with Crippen LogP contribution in [-0.4, -0.2) is 0 Å². The summed E-state index contributed by atoms with van der Waals surface area (Å²) in [6, 6.07) is 9.97. The van der Waals surface area contributed by atoms with Crippen LogP contribution in [0.5, 0.6) is 0 Å². The first-order valence-corrected chi connectivity index (χ1v) is 2.89. The quantitative estimate of drug-likeness (QED) is 0.624. The normalized spacial score (nSPS) is 7.62. The van der Waals surface area contributed by atoms with Gasteiger partial charge in [0.05, 0.1) is 0 Å². The number of benzene rings is 1. The Kier molecular flexibility index (Phi) is 2.35. The third-order valence-corrected chi connectivity index (χ3v) is 1.26. The fraction of sp³-hybridized carbons (Fsp3) is 0. The van der Waals surface area contributed by atoms with E-state index in [4.69, 9.17) is 0 Å². The summed E-state index contributed by atoms with van der Waals surface area (Å²) in [5.74, 6) is 0. The fourth-order valence-electron chi connectivity index (χ4n) is 0.415. The Balaban J connectivity index is 0.000000490. The van der Waals surface area contributed by atoms with Crippen LogP contribution in [0.4, 0.5) is 0 Å². The van der Waals surface area contributed by atoms with Gasteiger partial charge in [-0.25, -0.2) is 0 Å². The molecule has 0 heterocycles. The van der Waals surface area contributed by atoms with Crippen molar-refractivity contribution in [2.75, 3.05) is 0 Å². The maximum absolute atomic E-state index is 3.31. The first kappa shape index (κ1) is 6.70. The minimum atomic E-state index is 0. The first-order valence-electron chi connectivity index (χ1n) is 2.10. The van der Waals surface area contributed by atoms with E-state index in [1.165, 1.54) is 0 Å². The van der Waals surface area contributed by atoms with Crippen LogP contribution in [0.25, 0.3) is 0 Å².